The number of aromatic nitrogens is 2. The summed E-state index contributed by atoms with van der Waals surface area (Å²) in [7, 11) is 1.24. The first kappa shape index (κ1) is 25.4. The van der Waals surface area contributed by atoms with Gasteiger partial charge in [0.1, 0.15) is 11.3 Å². The number of carboxylic acid groups (broad SMARTS) is 1. The van der Waals surface area contributed by atoms with E-state index in [0.717, 1.165) is 10.2 Å². The molecule has 11 heteroatoms. The second-order valence-electron chi connectivity index (χ2n) is 8.20. The lowest BCUT2D eigenvalue weighted by Gasteiger charge is -2.19. The Kier molecular flexibility index (Phi) is 6.84. The lowest BCUT2D eigenvalue weighted by molar-refractivity contribution is -0.141. The van der Waals surface area contributed by atoms with Crippen LogP contribution in [0.15, 0.2) is 41.5 Å². The number of hydrogen-bond acceptors (Lipinski definition) is 4. The molecule has 3 rings (SSSR count). The van der Waals surface area contributed by atoms with Crippen LogP contribution in [0.5, 0.6) is 11.6 Å². The number of aryl methyl sites for hydroxylation is 2. The van der Waals surface area contributed by atoms with Gasteiger partial charge in [-0.25, -0.2) is 9.48 Å². The highest BCUT2D eigenvalue weighted by Gasteiger charge is 2.48. The van der Waals surface area contributed by atoms with Gasteiger partial charge in [-0.2, -0.15) is 18.3 Å². The Labute approximate surface area is 198 Å². The molecule has 1 aromatic carbocycles. The number of halogens is 4. The van der Waals surface area contributed by atoms with Crippen molar-refractivity contribution in [1.82, 2.24) is 15.1 Å². The highest BCUT2D eigenvalue weighted by Crippen LogP contribution is 2.44. The minimum absolute atomic E-state index is 0.0838. The fraction of sp³-hybridized carbons (Fsp3) is 0.348. The van der Waals surface area contributed by atoms with Crippen LogP contribution in [0, 0.1) is 6.92 Å². The van der Waals surface area contributed by atoms with Crippen molar-refractivity contribution >= 4 is 23.5 Å². The summed E-state index contributed by atoms with van der Waals surface area (Å²) in [6.07, 6.45) is -1.00. The molecule has 1 aliphatic rings. The van der Waals surface area contributed by atoms with Gasteiger partial charge in [-0.05, 0) is 56.9 Å². The van der Waals surface area contributed by atoms with Gasteiger partial charge in [0.2, 0.25) is 5.88 Å². The zero-order chi connectivity index (χ0) is 25.4. The number of ether oxygens (including phenoxy) is 1. The number of benzene rings is 1. The number of nitrogens with zero attached hydrogens (tertiary/aromatic N) is 2. The van der Waals surface area contributed by atoms with Crippen molar-refractivity contribution in [1.29, 1.82) is 0 Å². The maximum atomic E-state index is 13.7. The Balaban J connectivity index is 1.98. The summed E-state index contributed by atoms with van der Waals surface area (Å²) in [5, 5.41) is 15.5. The van der Waals surface area contributed by atoms with Crippen LogP contribution in [0.2, 0.25) is 5.02 Å². The Morgan fingerprint density at radius 2 is 1.91 bits per heavy atom. The van der Waals surface area contributed by atoms with Gasteiger partial charge in [-0.1, -0.05) is 29.8 Å². The van der Waals surface area contributed by atoms with Crippen LogP contribution >= 0.6 is 11.6 Å². The number of amides is 1. The second-order valence-corrected chi connectivity index (χ2v) is 8.61. The summed E-state index contributed by atoms with van der Waals surface area (Å²) >= 11 is 6.09. The molecule has 0 unspecified atom stereocenters. The third-order valence-electron chi connectivity index (χ3n) is 5.63. The summed E-state index contributed by atoms with van der Waals surface area (Å²) in [6, 6.07) is 4.60. The van der Waals surface area contributed by atoms with Crippen molar-refractivity contribution < 1.29 is 32.6 Å². The van der Waals surface area contributed by atoms with Gasteiger partial charge in [0.15, 0.2) is 5.69 Å². The monoisotopic (exact) mass is 497 g/mol. The molecule has 1 amide bonds. The van der Waals surface area contributed by atoms with E-state index in [1.807, 2.05) is 0 Å². The molecule has 1 aromatic heterocycles. The van der Waals surface area contributed by atoms with Crippen LogP contribution in [-0.2, 0) is 18.0 Å². The average molecular weight is 498 g/mol. The predicted octanol–water partition coefficient (Wildman–Crippen LogP) is 5.43. The van der Waals surface area contributed by atoms with Crippen molar-refractivity contribution in [3.63, 3.8) is 0 Å². The zero-order valence-corrected chi connectivity index (χ0v) is 19.6. The number of allylic oxidation sites excluding steroid dienone is 2. The Morgan fingerprint density at radius 1 is 1.26 bits per heavy atom. The number of carbonyl (C=O) groups excluding carboxylic acids is 1. The molecular weight excluding hydrogens is 475 g/mol. The minimum atomic E-state index is -4.90. The molecule has 7 nitrogen and oxygen atoms in total. The number of hydrogen-bond donors (Lipinski definition) is 2. The van der Waals surface area contributed by atoms with E-state index in [-0.39, 0.29) is 17.2 Å². The average Bonchev–Trinajstić information content (AvgIpc) is 3.44. The van der Waals surface area contributed by atoms with Crippen molar-refractivity contribution in [3.05, 3.63) is 63.3 Å². The highest BCUT2D eigenvalue weighted by molar-refractivity contribution is 6.31. The lowest BCUT2D eigenvalue weighted by atomic mass is 10.0. The Hall–Kier alpha value is -3.27. The zero-order valence-electron chi connectivity index (χ0n) is 18.9. The maximum Gasteiger partial charge on any atom is 0.436 e. The van der Waals surface area contributed by atoms with Gasteiger partial charge in [-0.15, -0.1) is 0 Å². The first-order chi connectivity index (χ1) is 15.7. The molecule has 0 bridgehead atoms. The van der Waals surface area contributed by atoms with Crippen LogP contribution in [0.25, 0.3) is 0 Å². The fourth-order valence-corrected chi connectivity index (χ4v) is 3.45. The first-order valence-electron chi connectivity index (χ1n) is 10.2. The van der Waals surface area contributed by atoms with Gasteiger partial charge in [0, 0.05) is 17.6 Å². The first-order valence-corrected chi connectivity index (χ1v) is 10.6. The molecule has 0 atom stereocenters. The Bertz CT molecular complexity index is 1210. The number of rotatable bonds is 7. The topological polar surface area (TPSA) is 93.5 Å². The van der Waals surface area contributed by atoms with Gasteiger partial charge in [0.25, 0.3) is 5.91 Å². The molecule has 1 saturated carbocycles. The lowest BCUT2D eigenvalue weighted by Crippen LogP contribution is -2.38. The molecule has 2 N–H and O–H groups in total. The molecule has 1 heterocycles. The Morgan fingerprint density at radius 3 is 2.44 bits per heavy atom. The van der Waals surface area contributed by atoms with Crippen LogP contribution < -0.4 is 10.1 Å². The van der Waals surface area contributed by atoms with E-state index in [1.165, 1.54) is 38.3 Å². The molecule has 2 aromatic rings. The third kappa shape index (κ3) is 5.27. The van der Waals surface area contributed by atoms with E-state index in [2.05, 4.69) is 10.4 Å². The number of alkyl halides is 3. The number of carbonyl (C=O) groups is 2. The largest absolute Gasteiger partial charge is 0.478 e. The maximum absolute atomic E-state index is 13.7. The summed E-state index contributed by atoms with van der Waals surface area (Å²) in [5.41, 5.74) is -1.55. The molecule has 0 spiro atoms. The van der Waals surface area contributed by atoms with Crippen molar-refractivity contribution in [2.24, 2.45) is 7.05 Å². The molecule has 0 saturated heterocycles. The van der Waals surface area contributed by atoms with Crippen LogP contribution in [0.3, 0.4) is 0 Å². The summed E-state index contributed by atoms with van der Waals surface area (Å²) in [4.78, 5) is 24.2. The summed E-state index contributed by atoms with van der Waals surface area (Å²) in [5.74, 6) is -2.34. The predicted molar refractivity (Wildman–Crippen MR) is 119 cm³/mol. The van der Waals surface area contributed by atoms with Crippen molar-refractivity contribution in [3.8, 4) is 11.6 Å². The molecular formula is C23H23ClF3N3O4. The van der Waals surface area contributed by atoms with Crippen molar-refractivity contribution in [2.75, 3.05) is 0 Å². The third-order valence-corrected chi connectivity index (χ3v) is 6.03. The van der Waals surface area contributed by atoms with E-state index >= 15 is 0 Å². The summed E-state index contributed by atoms with van der Waals surface area (Å²) in [6.45, 7) is 4.85. The standard InChI is InChI=1S/C23H23ClF3N3O4/c1-12-6-8-15(11-16(12)24)34-20-17(18(23(25,26)27)29-30(20)4)19(31)28-22(9-10-22)14(3)7-5-13(2)21(32)33/h5-8,11H,9-10H2,1-4H3,(H,28,31)(H,32,33)/b13-5+,14-7+. The number of carboxylic acids is 1. The van der Waals surface area contributed by atoms with Crippen molar-refractivity contribution in [2.45, 2.75) is 45.3 Å². The van der Waals surface area contributed by atoms with Gasteiger partial charge in [0.05, 0.1) is 5.54 Å². The van der Waals surface area contributed by atoms with E-state index in [0.29, 0.717) is 23.4 Å². The molecule has 0 radical (unpaired) electrons. The highest BCUT2D eigenvalue weighted by atomic mass is 35.5. The number of aliphatic carboxylic acids is 1. The van der Waals surface area contributed by atoms with E-state index in [4.69, 9.17) is 21.4 Å². The van der Waals surface area contributed by atoms with Gasteiger partial charge in [-0.3, -0.25) is 4.79 Å². The molecule has 34 heavy (non-hydrogen) atoms. The molecule has 1 fully saturated rings. The second kappa shape index (κ2) is 9.17. The van der Waals surface area contributed by atoms with E-state index in [9.17, 15) is 22.8 Å². The number of nitrogens with one attached hydrogen (secondary N) is 1. The van der Waals surface area contributed by atoms with Crippen LogP contribution in [0.4, 0.5) is 13.2 Å². The smallest absolute Gasteiger partial charge is 0.436 e. The fourth-order valence-electron chi connectivity index (χ4n) is 3.28. The van der Waals surface area contributed by atoms with Crippen LogP contribution in [0.1, 0.15) is 48.3 Å². The molecule has 0 aliphatic heterocycles. The normalized spacial score (nSPS) is 15.8. The summed E-state index contributed by atoms with van der Waals surface area (Å²) < 4.78 is 47.7. The van der Waals surface area contributed by atoms with Gasteiger partial charge < -0.3 is 15.2 Å². The van der Waals surface area contributed by atoms with E-state index < -0.39 is 34.8 Å². The molecule has 182 valence electrons. The van der Waals surface area contributed by atoms with Crippen LogP contribution in [-0.4, -0.2) is 32.3 Å². The quantitative estimate of drug-likeness (QED) is 0.393. The van der Waals surface area contributed by atoms with Gasteiger partial charge >= 0.3 is 12.1 Å². The van der Waals surface area contributed by atoms with E-state index in [1.54, 1.807) is 19.9 Å². The minimum Gasteiger partial charge on any atom is -0.478 e. The molecule has 1 aliphatic carbocycles. The SMILES string of the molecule is C/C(=C\C=C(/C)C1(NC(=O)c2c(C(F)(F)F)nn(C)c2Oc2ccc(C)c(Cl)c2)CC1)C(=O)O.